The summed E-state index contributed by atoms with van der Waals surface area (Å²) in [6.07, 6.45) is 15.2. The third-order valence-corrected chi connectivity index (χ3v) is 16.0. The van der Waals surface area contributed by atoms with Crippen LogP contribution in [0.5, 0.6) is 11.8 Å². The zero-order valence-electron chi connectivity index (χ0n) is 40.2. The highest BCUT2D eigenvalue weighted by molar-refractivity contribution is 6.03. The number of carbonyl (C=O) groups excluding carboxylic acids is 2. The number of hydrogen-bond acceptors (Lipinski definition) is 12. The number of para-hydroxylation sites is 1. The van der Waals surface area contributed by atoms with Crippen molar-refractivity contribution in [3.63, 3.8) is 0 Å². The van der Waals surface area contributed by atoms with Gasteiger partial charge in [0, 0.05) is 62.2 Å². The molecule has 0 spiro atoms. The van der Waals surface area contributed by atoms with E-state index < -0.39 is 29.2 Å². The quantitative estimate of drug-likeness (QED) is 0.0948. The number of phenols is 1. The zero-order valence-corrected chi connectivity index (χ0v) is 40.2. The Morgan fingerprint density at radius 2 is 1.73 bits per heavy atom. The molecule has 71 heavy (non-hydrogen) atoms. The number of carbonyl (C=O) groups is 2. The fraction of sp³-hybridized carbons (Fsp3) is 0.481. The van der Waals surface area contributed by atoms with Gasteiger partial charge in [-0.1, -0.05) is 24.1 Å². The number of halogens is 2. The summed E-state index contributed by atoms with van der Waals surface area (Å²) >= 11 is 0. The van der Waals surface area contributed by atoms with Crippen LogP contribution >= 0.6 is 0 Å². The molecular weight excluding hydrogens is 909 g/mol. The van der Waals surface area contributed by atoms with Gasteiger partial charge in [0.05, 0.1) is 34.2 Å². The highest BCUT2D eigenvalue weighted by Gasteiger charge is 2.46. The number of piperidine rings is 4. The van der Waals surface area contributed by atoms with Crippen LogP contribution in [0.15, 0.2) is 53.5 Å². The Kier molecular flexibility index (Phi) is 12.1. The molecular formula is C54H59F2N9O6. The van der Waals surface area contributed by atoms with Gasteiger partial charge in [-0.15, -0.1) is 6.42 Å². The number of aromatic hydroxyl groups is 1. The lowest BCUT2D eigenvalue weighted by molar-refractivity contribution is -0.135. The van der Waals surface area contributed by atoms with Gasteiger partial charge >= 0.3 is 11.7 Å². The number of aliphatic hydroxyl groups is 1. The number of hydrogen-bond donors (Lipinski definition) is 3. The first-order chi connectivity index (χ1) is 34.2. The van der Waals surface area contributed by atoms with Crippen LogP contribution < -0.4 is 20.6 Å². The van der Waals surface area contributed by atoms with Gasteiger partial charge in [-0.05, 0) is 138 Å². The number of aryl methyl sites for hydroxylation is 1. The third kappa shape index (κ3) is 8.88. The number of anilines is 1. The largest absolute Gasteiger partial charge is 0.508 e. The smallest absolute Gasteiger partial charge is 0.329 e. The van der Waals surface area contributed by atoms with Gasteiger partial charge in [-0.3, -0.25) is 29.0 Å². The lowest BCUT2D eigenvalue weighted by Crippen LogP contribution is -2.46. The Hall–Kier alpha value is -6.48. The van der Waals surface area contributed by atoms with E-state index in [-0.39, 0.29) is 69.5 Å². The topological polar surface area (TPSA) is 171 Å². The summed E-state index contributed by atoms with van der Waals surface area (Å²) in [6.45, 7) is 8.84. The molecule has 7 heterocycles. The second kappa shape index (κ2) is 18.3. The maximum atomic E-state index is 17.1. The first-order valence-electron chi connectivity index (χ1n) is 25.0. The average molecular weight is 968 g/mol. The molecule has 17 heteroatoms. The summed E-state index contributed by atoms with van der Waals surface area (Å²) in [7, 11) is 1.77. The number of terminal acetylenes is 1. The van der Waals surface area contributed by atoms with E-state index >= 15 is 8.78 Å². The maximum absolute atomic E-state index is 17.1. The van der Waals surface area contributed by atoms with Crippen molar-refractivity contribution in [1.82, 2.24) is 39.2 Å². The van der Waals surface area contributed by atoms with E-state index in [1.54, 1.807) is 23.1 Å². The van der Waals surface area contributed by atoms with Crippen molar-refractivity contribution >= 4 is 50.3 Å². The Morgan fingerprint density at radius 3 is 2.46 bits per heavy atom. The molecule has 4 aliphatic heterocycles. The van der Waals surface area contributed by atoms with Crippen molar-refractivity contribution in [2.24, 2.45) is 18.4 Å². The van der Waals surface area contributed by atoms with E-state index in [1.165, 1.54) is 30.5 Å². The number of imide groups is 1. The molecule has 2 amide bonds. The molecule has 0 bridgehead atoms. The number of nitrogens with one attached hydrogen (secondary N) is 1. The standard InChI is InChI=1S/C54H59F2N9O6/c1-4-36-40(55)10-9-34-25-35(66)26-38(44(34)36)46-45(56)47-39(27-57-46)49(64-20-6-17-53(2,70)29-64)60-51(59-47)71-31-54(18-19-54)30-63-21-13-32(14-22-63)28-62-23-15-33(16-24-62)37-7-5-8-41-48(37)61(3)52(69)65(41)42-11-12-43(67)58-50(42)68/h1,5,7-10,25-27,32-33,42,66,70H,6,11-24,28-31H2,2-3H3,(H,58,67,68)/t42?,53-/m1/s1. The number of fused-ring (bicyclic) bond motifs is 3. The number of imidazole rings is 1. The normalized spacial score (nSPS) is 22.6. The van der Waals surface area contributed by atoms with E-state index in [9.17, 15) is 24.6 Å². The molecule has 5 aliphatic rings. The molecule has 370 valence electrons. The molecule has 4 saturated heterocycles. The highest BCUT2D eigenvalue weighted by atomic mass is 19.1. The minimum atomic E-state index is -0.989. The van der Waals surface area contributed by atoms with E-state index in [0.29, 0.717) is 60.8 Å². The number of likely N-dealkylation sites (tertiary alicyclic amines) is 2. The number of rotatable bonds is 11. The average Bonchev–Trinajstić information content (AvgIpc) is 4.07. The number of nitrogens with zero attached hydrogens (tertiary/aromatic N) is 8. The Labute approximate surface area is 409 Å². The number of β-amino-alcohol motifs (C(OH)–C–C–N with tert-alkyl or cyclic N) is 1. The molecule has 11 rings (SSSR count). The van der Waals surface area contributed by atoms with Crippen LogP contribution in [-0.4, -0.2) is 120 Å². The van der Waals surface area contributed by atoms with Gasteiger partial charge in [-0.2, -0.15) is 9.97 Å². The summed E-state index contributed by atoms with van der Waals surface area (Å²) in [5.41, 5.74) is 1.29. The minimum absolute atomic E-state index is 0.0185. The van der Waals surface area contributed by atoms with Gasteiger partial charge in [0.25, 0.3) is 0 Å². The Balaban J connectivity index is 0.747. The monoisotopic (exact) mass is 967 g/mol. The Bertz CT molecular complexity index is 3220. The number of amides is 2. The summed E-state index contributed by atoms with van der Waals surface area (Å²) < 4.78 is 41.8. The molecule has 1 saturated carbocycles. The first kappa shape index (κ1) is 46.9. The SMILES string of the molecule is C#Cc1c(F)ccc2cc(O)cc(-c3ncc4c(N5CCC[C@@](C)(O)C5)nc(OCC5(CN6CCC(CN7CCC(c8cccc9c8n(C)c(=O)n9C8CCC(=O)NC8=O)CC7)CC6)CC5)nc4c3F)c12. The van der Waals surface area contributed by atoms with Gasteiger partial charge in [0.2, 0.25) is 11.8 Å². The van der Waals surface area contributed by atoms with E-state index in [0.717, 1.165) is 94.4 Å². The van der Waals surface area contributed by atoms with Crippen molar-refractivity contribution in [3.05, 3.63) is 81.9 Å². The van der Waals surface area contributed by atoms with Crippen molar-refractivity contribution < 1.29 is 33.3 Å². The molecule has 6 aromatic rings. The minimum Gasteiger partial charge on any atom is -0.508 e. The molecule has 3 aromatic heterocycles. The molecule has 0 radical (unpaired) electrons. The van der Waals surface area contributed by atoms with Crippen molar-refractivity contribution in [2.75, 3.05) is 63.9 Å². The number of ether oxygens (including phenoxy) is 1. The molecule has 1 aliphatic carbocycles. The van der Waals surface area contributed by atoms with Crippen LogP contribution in [0.1, 0.15) is 94.2 Å². The van der Waals surface area contributed by atoms with E-state index in [4.69, 9.17) is 16.1 Å². The van der Waals surface area contributed by atoms with Crippen LogP contribution in [0, 0.1) is 35.3 Å². The van der Waals surface area contributed by atoms with Crippen molar-refractivity contribution in [1.29, 1.82) is 0 Å². The fourth-order valence-corrected chi connectivity index (χ4v) is 12.0. The second-order valence-electron chi connectivity index (χ2n) is 21.2. The molecule has 3 aromatic carbocycles. The lowest BCUT2D eigenvalue weighted by Gasteiger charge is -2.38. The van der Waals surface area contributed by atoms with Crippen LogP contribution in [0.3, 0.4) is 0 Å². The van der Waals surface area contributed by atoms with Crippen molar-refractivity contribution in [2.45, 2.75) is 88.7 Å². The van der Waals surface area contributed by atoms with Crippen LogP contribution in [0.4, 0.5) is 14.6 Å². The summed E-state index contributed by atoms with van der Waals surface area (Å²) in [5, 5.41) is 25.2. The predicted octanol–water partition coefficient (Wildman–Crippen LogP) is 6.54. The van der Waals surface area contributed by atoms with Crippen LogP contribution in [-0.2, 0) is 16.6 Å². The molecule has 1 unspecified atom stereocenters. The number of aromatic nitrogens is 5. The number of benzene rings is 3. The number of phenolic OH excluding ortho intramolecular Hbond substituents is 1. The van der Waals surface area contributed by atoms with E-state index in [2.05, 4.69) is 37.1 Å². The molecule has 2 atom stereocenters. The number of pyridine rings is 1. The van der Waals surface area contributed by atoms with Gasteiger partial charge in [-0.25, -0.2) is 13.6 Å². The Morgan fingerprint density at radius 1 is 0.958 bits per heavy atom. The van der Waals surface area contributed by atoms with Crippen molar-refractivity contribution in [3.8, 4) is 35.4 Å². The molecule has 3 N–H and O–H groups in total. The molecule has 15 nitrogen and oxygen atoms in total. The maximum Gasteiger partial charge on any atom is 0.329 e. The second-order valence-corrected chi connectivity index (χ2v) is 21.2. The van der Waals surface area contributed by atoms with Gasteiger partial charge in [0.1, 0.15) is 34.6 Å². The van der Waals surface area contributed by atoms with E-state index in [1.807, 2.05) is 17.0 Å². The summed E-state index contributed by atoms with van der Waals surface area (Å²) in [4.78, 5) is 59.3. The molecule has 5 fully saturated rings. The highest BCUT2D eigenvalue weighted by Crippen LogP contribution is 2.47. The zero-order chi connectivity index (χ0) is 49.3. The summed E-state index contributed by atoms with van der Waals surface area (Å²) in [6, 6.07) is 10.8. The van der Waals surface area contributed by atoms with Crippen LogP contribution in [0.2, 0.25) is 0 Å². The lowest BCUT2D eigenvalue weighted by atomic mass is 9.87. The van der Waals surface area contributed by atoms with Gasteiger partial charge < -0.3 is 29.6 Å². The fourth-order valence-electron chi connectivity index (χ4n) is 12.0. The predicted molar refractivity (Wildman–Crippen MR) is 265 cm³/mol. The first-order valence-corrected chi connectivity index (χ1v) is 25.0. The summed E-state index contributed by atoms with van der Waals surface area (Å²) in [5.74, 6) is 1.34. The van der Waals surface area contributed by atoms with Crippen LogP contribution in [0.25, 0.3) is 44.0 Å². The van der Waals surface area contributed by atoms with Gasteiger partial charge in [0.15, 0.2) is 5.82 Å². The third-order valence-electron chi connectivity index (χ3n) is 16.0.